The molecule has 0 fully saturated rings. The number of sulfonamides is 1. The molecule has 0 saturated carbocycles. The van der Waals surface area contributed by atoms with Gasteiger partial charge in [-0.25, -0.2) is 12.7 Å². The molecular weight excluding hydrogens is 484 g/mol. The molecule has 0 aromatic heterocycles. The maximum atomic E-state index is 13.3. The number of amides is 2. The lowest BCUT2D eigenvalue weighted by Crippen LogP contribution is -2.30. The fraction of sp³-hybridized carbons (Fsp3) is 0.154. The van der Waals surface area contributed by atoms with Crippen molar-refractivity contribution >= 4 is 44.2 Å². The molecule has 2 amide bonds. The predicted octanol–water partition coefficient (Wildman–Crippen LogP) is 4.77. The van der Waals surface area contributed by atoms with Crippen molar-refractivity contribution in [3.63, 3.8) is 0 Å². The molecule has 1 N–H and O–H groups in total. The molecule has 9 heteroatoms. The van der Waals surface area contributed by atoms with E-state index in [1.54, 1.807) is 60.3 Å². The van der Waals surface area contributed by atoms with Gasteiger partial charge in [0.25, 0.3) is 21.8 Å². The van der Waals surface area contributed by atoms with Crippen LogP contribution in [0.3, 0.4) is 0 Å². The molecule has 1 aliphatic heterocycles. The first-order valence-corrected chi connectivity index (χ1v) is 13.4. The van der Waals surface area contributed by atoms with Crippen LogP contribution >= 0.6 is 11.8 Å². The average Bonchev–Trinajstić information content (AvgIpc) is 3.03. The molecule has 0 saturated heterocycles. The second-order valence-corrected chi connectivity index (χ2v) is 10.6. The Morgan fingerprint density at radius 1 is 1.03 bits per heavy atom. The van der Waals surface area contributed by atoms with Crippen molar-refractivity contribution in [3.05, 3.63) is 95.1 Å². The molecule has 35 heavy (non-hydrogen) atoms. The number of nitrogens with zero attached hydrogens (tertiary/aromatic N) is 1. The number of ether oxygens (including phenoxy) is 1. The van der Waals surface area contributed by atoms with Crippen LogP contribution in [-0.2, 0) is 21.4 Å². The van der Waals surface area contributed by atoms with E-state index >= 15 is 0 Å². The third-order valence-electron chi connectivity index (χ3n) is 5.66. The first kappa shape index (κ1) is 24.6. The van der Waals surface area contributed by atoms with Crippen LogP contribution in [0.25, 0.3) is 4.91 Å². The van der Waals surface area contributed by atoms with E-state index in [2.05, 4.69) is 5.32 Å². The lowest BCUT2D eigenvalue weighted by Gasteiger charge is -2.17. The van der Waals surface area contributed by atoms with E-state index < -0.39 is 15.9 Å². The molecule has 0 radical (unpaired) electrons. The number of carbonyl (C=O) groups is 2. The number of thioether (sulfide) groups is 1. The second-order valence-electron chi connectivity index (χ2n) is 7.88. The fourth-order valence-corrected chi connectivity index (χ4v) is 6.06. The predicted molar refractivity (Wildman–Crippen MR) is 138 cm³/mol. The van der Waals surface area contributed by atoms with E-state index in [0.717, 1.165) is 9.20 Å². The minimum Gasteiger partial charge on any atom is -0.497 e. The van der Waals surface area contributed by atoms with Crippen LogP contribution in [0.4, 0.5) is 5.69 Å². The highest BCUT2D eigenvalue weighted by Gasteiger charge is 2.42. The summed E-state index contributed by atoms with van der Waals surface area (Å²) < 4.78 is 32.5. The topological polar surface area (TPSA) is 92.8 Å². The molecule has 1 aliphatic rings. The summed E-state index contributed by atoms with van der Waals surface area (Å²) >= 11 is 1.58. The van der Waals surface area contributed by atoms with Gasteiger partial charge in [-0.15, -0.1) is 11.8 Å². The fourth-order valence-electron chi connectivity index (χ4n) is 3.79. The Labute approximate surface area is 208 Å². The molecule has 0 unspecified atom stereocenters. The zero-order valence-corrected chi connectivity index (χ0v) is 21.1. The Bertz CT molecular complexity index is 1410. The third kappa shape index (κ3) is 4.96. The van der Waals surface area contributed by atoms with Gasteiger partial charge < -0.3 is 10.1 Å². The van der Waals surface area contributed by atoms with Crippen molar-refractivity contribution < 1.29 is 22.7 Å². The molecule has 7 nitrogen and oxygen atoms in total. The van der Waals surface area contributed by atoms with Gasteiger partial charge in [0.05, 0.1) is 13.7 Å². The van der Waals surface area contributed by atoms with Crippen molar-refractivity contribution in [1.29, 1.82) is 0 Å². The van der Waals surface area contributed by atoms with Crippen LogP contribution in [0.5, 0.6) is 5.75 Å². The van der Waals surface area contributed by atoms with Gasteiger partial charge in [-0.1, -0.05) is 18.2 Å². The molecule has 180 valence electrons. The number of methoxy groups -OCH3 is 1. The number of nitrogens with one attached hydrogen (secondary N) is 1. The zero-order valence-electron chi connectivity index (χ0n) is 19.4. The number of anilines is 1. The summed E-state index contributed by atoms with van der Waals surface area (Å²) in [5.74, 6) is -0.253. The van der Waals surface area contributed by atoms with Crippen molar-refractivity contribution in [2.45, 2.75) is 18.4 Å². The van der Waals surface area contributed by atoms with Gasteiger partial charge in [0, 0.05) is 21.7 Å². The highest BCUT2D eigenvalue weighted by molar-refractivity contribution is 7.99. The Morgan fingerprint density at radius 3 is 2.34 bits per heavy atom. The average molecular weight is 509 g/mol. The van der Waals surface area contributed by atoms with Gasteiger partial charge in [-0.3, -0.25) is 9.59 Å². The van der Waals surface area contributed by atoms with Gasteiger partial charge in [0.2, 0.25) is 0 Å². The largest absolute Gasteiger partial charge is 0.497 e. The van der Waals surface area contributed by atoms with E-state index in [4.69, 9.17) is 4.74 Å². The minimum absolute atomic E-state index is 0.00590. The lowest BCUT2D eigenvalue weighted by molar-refractivity contribution is -0.122. The van der Waals surface area contributed by atoms with Crippen molar-refractivity contribution in [1.82, 2.24) is 4.31 Å². The summed E-state index contributed by atoms with van der Waals surface area (Å²) in [4.78, 5) is 26.5. The van der Waals surface area contributed by atoms with Crippen LogP contribution in [0.2, 0.25) is 0 Å². The molecule has 0 bridgehead atoms. The number of benzene rings is 3. The summed E-state index contributed by atoms with van der Waals surface area (Å²) in [6.45, 7) is 1.38. The molecular formula is C26H24N2O5S2. The van der Waals surface area contributed by atoms with E-state index in [0.29, 0.717) is 28.1 Å². The number of rotatable bonds is 7. The van der Waals surface area contributed by atoms with Crippen LogP contribution < -0.4 is 10.1 Å². The Hall–Kier alpha value is -3.56. The second kappa shape index (κ2) is 9.97. The Balaban J connectivity index is 1.50. The van der Waals surface area contributed by atoms with Crippen LogP contribution in [0, 0.1) is 0 Å². The van der Waals surface area contributed by atoms with E-state index in [9.17, 15) is 18.0 Å². The van der Waals surface area contributed by atoms with Gasteiger partial charge in [0.15, 0.2) is 0 Å². The summed E-state index contributed by atoms with van der Waals surface area (Å²) in [5, 5.41) is 2.86. The summed E-state index contributed by atoms with van der Waals surface area (Å²) in [6, 6.07) is 20.6. The number of carbonyl (C=O) groups excluding carboxylic acids is 2. The Kier molecular flexibility index (Phi) is 7.00. The number of hydrogen-bond acceptors (Lipinski definition) is 6. The molecule has 0 spiro atoms. The van der Waals surface area contributed by atoms with Gasteiger partial charge in [-0.2, -0.15) is 0 Å². The quantitative estimate of drug-likeness (QED) is 0.462. The van der Waals surface area contributed by atoms with Gasteiger partial charge >= 0.3 is 0 Å². The smallest absolute Gasteiger partial charge is 0.268 e. The summed E-state index contributed by atoms with van der Waals surface area (Å²) in [5.41, 5.74) is 2.29. The molecule has 4 rings (SSSR count). The van der Waals surface area contributed by atoms with E-state index in [-0.39, 0.29) is 22.9 Å². The minimum atomic E-state index is -4.03. The zero-order chi connectivity index (χ0) is 25.2. The normalized spacial score (nSPS) is 14.8. The highest BCUT2D eigenvalue weighted by Crippen LogP contribution is 2.37. The van der Waals surface area contributed by atoms with E-state index in [1.165, 1.54) is 14.0 Å². The van der Waals surface area contributed by atoms with Gasteiger partial charge in [0.1, 0.15) is 10.7 Å². The summed E-state index contributed by atoms with van der Waals surface area (Å²) in [6.07, 6.45) is 1.96. The molecule has 3 aromatic carbocycles. The van der Waals surface area contributed by atoms with Crippen molar-refractivity contribution in [2.75, 3.05) is 18.7 Å². The van der Waals surface area contributed by atoms with Crippen LogP contribution in [-0.4, -0.2) is 37.9 Å². The number of hydrogen-bond donors (Lipinski definition) is 1. The van der Waals surface area contributed by atoms with Crippen molar-refractivity contribution in [2.24, 2.45) is 0 Å². The maximum absolute atomic E-state index is 13.3. The molecule has 1 heterocycles. The Morgan fingerprint density at radius 2 is 1.71 bits per heavy atom. The SMILES string of the molecule is COc1ccc(C2=C(C)C(=O)N(Cc3ccc(C(=O)Nc4cccc(SC)c4)cc3)S2(=O)=O)cc1. The molecule has 0 aliphatic carbocycles. The van der Waals surface area contributed by atoms with Crippen LogP contribution in [0.15, 0.2) is 83.3 Å². The first-order chi connectivity index (χ1) is 16.7. The molecule has 0 atom stereocenters. The molecule has 3 aromatic rings. The first-order valence-electron chi connectivity index (χ1n) is 10.7. The maximum Gasteiger partial charge on any atom is 0.268 e. The highest BCUT2D eigenvalue weighted by atomic mass is 32.2. The summed E-state index contributed by atoms with van der Waals surface area (Å²) in [7, 11) is -2.51. The third-order valence-corrected chi connectivity index (χ3v) is 8.32. The standard InChI is InChI=1S/C26H24N2O5S2/c1-17-24(19-11-13-22(33-2)14-12-19)35(31,32)28(26(17)30)16-18-7-9-20(10-8-18)25(29)27-21-5-4-6-23(15-21)34-3/h4-15H,16H2,1-3H3,(H,27,29). The lowest BCUT2D eigenvalue weighted by atomic mass is 10.1. The monoisotopic (exact) mass is 508 g/mol. The van der Waals surface area contributed by atoms with Crippen molar-refractivity contribution in [3.8, 4) is 5.75 Å². The van der Waals surface area contributed by atoms with E-state index in [1.807, 2.05) is 30.5 Å². The van der Waals surface area contributed by atoms with Gasteiger partial charge in [-0.05, 0) is 78.9 Å². The van der Waals surface area contributed by atoms with Crippen LogP contribution in [0.1, 0.15) is 28.4 Å².